The minimum absolute atomic E-state index is 0.0812. The summed E-state index contributed by atoms with van der Waals surface area (Å²) in [6.07, 6.45) is 37.7. The lowest BCUT2D eigenvalue weighted by Gasteiger charge is -2.41. The normalized spacial score (nSPS) is 21.9. The zero-order valence-electron chi connectivity index (χ0n) is 40.3. The van der Waals surface area contributed by atoms with E-state index in [4.69, 9.17) is 18.5 Å². The Balaban J connectivity index is 2.35. The smallest absolute Gasteiger partial charge is 0.457 e. The fraction of sp³-hybridized carbons (Fsp3) is 0.863. The van der Waals surface area contributed by atoms with Crippen LogP contribution in [0.5, 0.6) is 0 Å². The van der Waals surface area contributed by atoms with E-state index in [1.807, 2.05) is 0 Å². The molecule has 0 saturated heterocycles. The molecule has 0 aliphatic heterocycles. The number of hydrogen-bond donors (Lipinski definition) is 6. The lowest BCUT2D eigenvalue weighted by atomic mass is 9.85. The molecule has 1 fully saturated rings. The van der Waals surface area contributed by atoms with Crippen LogP contribution in [-0.2, 0) is 27.9 Å². The fourth-order valence-electron chi connectivity index (χ4n) is 7.85. The van der Waals surface area contributed by atoms with Gasteiger partial charge in [0.25, 0.3) is 0 Å². The third kappa shape index (κ3) is 33.1. The predicted molar refractivity (Wildman–Crippen MR) is 258 cm³/mol. The van der Waals surface area contributed by atoms with Gasteiger partial charge in [-0.15, -0.1) is 0 Å². The van der Waals surface area contributed by atoms with Crippen LogP contribution in [0.15, 0.2) is 36.5 Å². The van der Waals surface area contributed by atoms with Gasteiger partial charge in [-0.3, -0.25) is 13.8 Å². The molecule has 1 aliphatic rings. The Morgan fingerprint density at radius 3 is 1.34 bits per heavy atom. The van der Waals surface area contributed by atoms with Gasteiger partial charge < -0.3 is 39.9 Å². The number of rotatable bonds is 44. The van der Waals surface area contributed by atoms with Crippen molar-refractivity contribution in [2.45, 2.75) is 262 Å². The molecule has 12 nitrogen and oxygen atoms in total. The number of carbonyl (C=O) groups is 1. The molecule has 1 aliphatic carbocycles. The van der Waals surface area contributed by atoms with E-state index in [9.17, 15) is 39.8 Å². The molecule has 0 heterocycles. The first-order valence-electron chi connectivity index (χ1n) is 25.8. The Labute approximate surface area is 389 Å². The van der Waals surface area contributed by atoms with Gasteiger partial charge in [0.2, 0.25) is 0 Å². The van der Waals surface area contributed by atoms with E-state index in [0.717, 1.165) is 64.2 Å². The first-order chi connectivity index (χ1) is 31.0. The van der Waals surface area contributed by atoms with E-state index in [0.29, 0.717) is 13.0 Å². The summed E-state index contributed by atoms with van der Waals surface area (Å²) >= 11 is 0. The van der Waals surface area contributed by atoms with E-state index in [1.54, 1.807) is 0 Å². The summed E-state index contributed by atoms with van der Waals surface area (Å²) in [5.41, 5.74) is 0. The number of ether oxygens (including phenoxy) is 2. The molecule has 0 radical (unpaired) electrons. The molecular formula is C51H95O12P. The predicted octanol–water partition coefficient (Wildman–Crippen LogP) is 11.4. The Bertz CT molecular complexity index is 1200. The Morgan fingerprint density at radius 1 is 0.500 bits per heavy atom. The van der Waals surface area contributed by atoms with Crippen molar-refractivity contribution in [2.75, 3.05) is 19.8 Å². The standard InChI is InChI=1S/C51H95O12P/c1-3-5-7-9-11-13-15-17-19-21-23-25-27-29-31-33-35-37-39-41-60-42-44(43-61-64(58,59)63-51-49(56)47(54)46(53)48(55)50(51)57)62-45(52)40-38-36-34-32-30-28-26-24-22-20-18-16-14-12-10-8-6-4-2/h13,15,19-22,44,46-51,53-57H,3-12,14,16-18,23-43H2,1-2H3,(H,58,59)/b15-13-,21-19-,22-20-. The minimum Gasteiger partial charge on any atom is -0.457 e. The van der Waals surface area contributed by atoms with Gasteiger partial charge in [-0.1, -0.05) is 179 Å². The van der Waals surface area contributed by atoms with Crippen LogP contribution < -0.4 is 0 Å². The average Bonchev–Trinajstić information content (AvgIpc) is 3.28. The number of carbonyl (C=O) groups excluding carboxylic acids is 1. The minimum atomic E-state index is -5.02. The third-order valence-corrected chi connectivity index (χ3v) is 13.0. The van der Waals surface area contributed by atoms with Gasteiger partial charge in [-0.25, -0.2) is 4.57 Å². The van der Waals surface area contributed by atoms with Crippen molar-refractivity contribution in [1.29, 1.82) is 0 Å². The molecular weight excluding hydrogens is 836 g/mol. The highest BCUT2D eigenvalue weighted by Crippen LogP contribution is 2.47. The van der Waals surface area contributed by atoms with Gasteiger partial charge in [0, 0.05) is 13.0 Å². The van der Waals surface area contributed by atoms with E-state index in [1.165, 1.54) is 128 Å². The second-order valence-corrected chi connectivity index (χ2v) is 19.4. The number of hydrogen-bond acceptors (Lipinski definition) is 11. The Morgan fingerprint density at radius 2 is 0.875 bits per heavy atom. The monoisotopic (exact) mass is 931 g/mol. The largest absolute Gasteiger partial charge is 0.472 e. The molecule has 0 aromatic carbocycles. The summed E-state index contributed by atoms with van der Waals surface area (Å²) in [7, 11) is -5.02. The zero-order chi connectivity index (χ0) is 46.9. The Hall–Kier alpha value is -1.44. The van der Waals surface area contributed by atoms with Crippen LogP contribution in [0.1, 0.15) is 219 Å². The van der Waals surface area contributed by atoms with E-state index >= 15 is 0 Å². The highest BCUT2D eigenvalue weighted by Gasteiger charge is 2.51. The van der Waals surface area contributed by atoms with Gasteiger partial charge in [0.15, 0.2) is 0 Å². The van der Waals surface area contributed by atoms with Crippen LogP contribution in [0, 0.1) is 0 Å². The van der Waals surface area contributed by atoms with Crippen molar-refractivity contribution in [3.05, 3.63) is 36.5 Å². The van der Waals surface area contributed by atoms with Gasteiger partial charge in [-0.2, -0.15) is 0 Å². The molecule has 376 valence electrons. The number of allylic oxidation sites excluding steroid dienone is 6. The second kappa shape index (κ2) is 41.7. The molecule has 6 atom stereocenters. The quantitative estimate of drug-likeness (QED) is 0.0147. The van der Waals surface area contributed by atoms with Gasteiger partial charge in [-0.05, 0) is 70.6 Å². The molecule has 0 aromatic heterocycles. The molecule has 0 bridgehead atoms. The number of phosphoric acid groups is 1. The van der Waals surface area contributed by atoms with Gasteiger partial charge >= 0.3 is 13.8 Å². The maximum Gasteiger partial charge on any atom is 0.472 e. The summed E-state index contributed by atoms with van der Waals surface area (Å²) in [5.74, 6) is -0.482. The molecule has 0 spiro atoms. The van der Waals surface area contributed by atoms with Crippen LogP contribution in [-0.4, -0.2) is 98.9 Å². The molecule has 64 heavy (non-hydrogen) atoms. The first-order valence-corrected chi connectivity index (χ1v) is 27.3. The molecule has 1 rings (SSSR count). The van der Waals surface area contributed by atoms with Crippen molar-refractivity contribution in [2.24, 2.45) is 0 Å². The summed E-state index contributed by atoms with van der Waals surface area (Å²) < 4.78 is 34.3. The zero-order valence-corrected chi connectivity index (χ0v) is 41.2. The maximum absolute atomic E-state index is 12.9. The molecule has 1 saturated carbocycles. The number of phosphoric ester groups is 1. The summed E-state index contributed by atoms with van der Waals surface area (Å²) in [6, 6.07) is 0. The van der Waals surface area contributed by atoms with Crippen molar-refractivity contribution in [3.8, 4) is 0 Å². The van der Waals surface area contributed by atoms with E-state index in [2.05, 4.69) is 50.3 Å². The molecule has 13 heteroatoms. The highest BCUT2D eigenvalue weighted by atomic mass is 31.2. The summed E-state index contributed by atoms with van der Waals surface area (Å²) in [4.78, 5) is 23.2. The van der Waals surface area contributed by atoms with Crippen LogP contribution in [0.25, 0.3) is 0 Å². The summed E-state index contributed by atoms with van der Waals surface area (Å²) in [6.45, 7) is 4.25. The topological polar surface area (TPSA) is 192 Å². The van der Waals surface area contributed by atoms with E-state index in [-0.39, 0.29) is 13.0 Å². The van der Waals surface area contributed by atoms with Crippen LogP contribution in [0.3, 0.4) is 0 Å². The Kier molecular flexibility index (Phi) is 39.5. The fourth-order valence-corrected chi connectivity index (χ4v) is 8.82. The van der Waals surface area contributed by atoms with Crippen LogP contribution >= 0.6 is 7.82 Å². The number of aliphatic hydroxyl groups is 5. The SMILES string of the molecule is CCCCCC/C=C\C/C=C\CCCCCCCCCCOCC(COP(=O)(O)OC1C(O)C(O)C(O)C(O)C1O)OC(=O)CCCCCCCCC/C=C\CCCCCCCCC. The second-order valence-electron chi connectivity index (χ2n) is 18.0. The van der Waals surface area contributed by atoms with Gasteiger partial charge in [0.05, 0.1) is 13.2 Å². The highest BCUT2D eigenvalue weighted by molar-refractivity contribution is 7.47. The first kappa shape index (κ1) is 60.6. The molecule has 6 N–H and O–H groups in total. The van der Waals surface area contributed by atoms with Crippen molar-refractivity contribution < 1.29 is 58.3 Å². The van der Waals surface area contributed by atoms with Gasteiger partial charge in [0.1, 0.15) is 42.7 Å². The number of esters is 1. The number of aliphatic hydroxyl groups excluding tert-OH is 5. The van der Waals surface area contributed by atoms with Crippen LogP contribution in [0.4, 0.5) is 0 Å². The maximum atomic E-state index is 12.9. The average molecular weight is 931 g/mol. The number of unbranched alkanes of at least 4 members (excludes halogenated alkanes) is 26. The van der Waals surface area contributed by atoms with Crippen molar-refractivity contribution in [3.63, 3.8) is 0 Å². The van der Waals surface area contributed by atoms with Crippen molar-refractivity contribution in [1.82, 2.24) is 0 Å². The van der Waals surface area contributed by atoms with Crippen molar-refractivity contribution >= 4 is 13.8 Å². The molecule has 0 amide bonds. The van der Waals surface area contributed by atoms with E-state index < -0.39 is 63.1 Å². The summed E-state index contributed by atoms with van der Waals surface area (Å²) in [5, 5.41) is 50.3. The molecule has 0 aromatic rings. The lowest BCUT2D eigenvalue weighted by Crippen LogP contribution is -2.64. The third-order valence-electron chi connectivity index (χ3n) is 12.0. The van der Waals surface area contributed by atoms with Crippen LogP contribution in [0.2, 0.25) is 0 Å². The molecule has 6 unspecified atom stereocenters. The lowest BCUT2D eigenvalue weighted by molar-refractivity contribution is -0.220.